The Morgan fingerprint density at radius 1 is 1.00 bits per heavy atom. The van der Waals surface area contributed by atoms with Crippen LogP contribution in [0.15, 0.2) is 58.0 Å². The number of benzene rings is 2. The lowest BCUT2D eigenvalue weighted by molar-refractivity contribution is 0.399. The predicted molar refractivity (Wildman–Crippen MR) is 99.1 cm³/mol. The molecule has 0 saturated heterocycles. The first-order valence-corrected chi connectivity index (χ1v) is 10.0. The SMILES string of the molecule is CC(C)(C)c1ncc(-c2ccc(S(C)(=O)=O)cc2-c2ccc(F)cc2)o1. The summed E-state index contributed by atoms with van der Waals surface area (Å²) in [6, 6.07) is 10.7. The van der Waals surface area contributed by atoms with Crippen molar-refractivity contribution < 1.29 is 17.2 Å². The molecule has 0 aliphatic heterocycles. The molecule has 0 unspecified atom stereocenters. The maximum atomic E-state index is 13.3. The van der Waals surface area contributed by atoms with Crippen molar-refractivity contribution in [2.45, 2.75) is 31.1 Å². The summed E-state index contributed by atoms with van der Waals surface area (Å²) in [4.78, 5) is 4.53. The second kappa shape index (κ2) is 6.36. The van der Waals surface area contributed by atoms with Crippen molar-refractivity contribution >= 4 is 9.84 Å². The molecule has 0 atom stereocenters. The molecule has 0 radical (unpaired) electrons. The van der Waals surface area contributed by atoms with Crippen LogP contribution in [0.1, 0.15) is 26.7 Å². The number of sulfone groups is 1. The first kappa shape index (κ1) is 18.3. The normalized spacial score (nSPS) is 12.3. The van der Waals surface area contributed by atoms with Crippen molar-refractivity contribution in [3.63, 3.8) is 0 Å². The Balaban J connectivity index is 2.21. The van der Waals surface area contributed by atoms with E-state index >= 15 is 0 Å². The third kappa shape index (κ3) is 3.70. The first-order chi connectivity index (χ1) is 12.1. The van der Waals surface area contributed by atoms with Crippen molar-refractivity contribution in [1.82, 2.24) is 4.98 Å². The number of hydrogen-bond donors (Lipinski definition) is 0. The molecule has 1 heterocycles. The van der Waals surface area contributed by atoms with Crippen LogP contribution in [0.3, 0.4) is 0 Å². The van der Waals surface area contributed by atoms with Gasteiger partial charge >= 0.3 is 0 Å². The molecule has 2 aromatic carbocycles. The molecule has 0 aliphatic carbocycles. The number of aromatic nitrogens is 1. The average molecular weight is 373 g/mol. The number of halogens is 1. The molecular formula is C20H20FNO3S. The topological polar surface area (TPSA) is 60.2 Å². The first-order valence-electron chi connectivity index (χ1n) is 8.12. The van der Waals surface area contributed by atoms with E-state index in [0.717, 1.165) is 6.26 Å². The quantitative estimate of drug-likeness (QED) is 0.658. The molecule has 1 aromatic heterocycles. The van der Waals surface area contributed by atoms with Gasteiger partial charge in [0.1, 0.15) is 5.82 Å². The van der Waals surface area contributed by atoms with E-state index in [-0.39, 0.29) is 16.1 Å². The van der Waals surface area contributed by atoms with Crippen molar-refractivity contribution in [2.75, 3.05) is 6.26 Å². The molecular weight excluding hydrogens is 353 g/mol. The van der Waals surface area contributed by atoms with Crippen LogP contribution in [0.25, 0.3) is 22.5 Å². The van der Waals surface area contributed by atoms with Crippen LogP contribution in [0.2, 0.25) is 0 Å². The molecule has 0 N–H and O–H groups in total. The molecule has 26 heavy (non-hydrogen) atoms. The highest BCUT2D eigenvalue weighted by molar-refractivity contribution is 7.90. The number of hydrogen-bond acceptors (Lipinski definition) is 4. The Hall–Kier alpha value is -2.47. The van der Waals surface area contributed by atoms with Gasteiger partial charge in [-0.3, -0.25) is 0 Å². The lowest BCUT2D eigenvalue weighted by Gasteiger charge is -2.13. The molecule has 6 heteroatoms. The number of rotatable bonds is 3. The van der Waals surface area contributed by atoms with E-state index in [9.17, 15) is 12.8 Å². The Kier molecular flexibility index (Phi) is 4.48. The van der Waals surface area contributed by atoms with Crippen LogP contribution in [0.5, 0.6) is 0 Å². The summed E-state index contributed by atoms with van der Waals surface area (Å²) in [5.41, 5.74) is 1.79. The fourth-order valence-corrected chi connectivity index (χ4v) is 3.23. The molecule has 0 amide bonds. The summed E-state index contributed by atoms with van der Waals surface area (Å²) in [5, 5.41) is 0. The van der Waals surface area contributed by atoms with Gasteiger partial charge in [0.25, 0.3) is 0 Å². The van der Waals surface area contributed by atoms with Crippen LogP contribution < -0.4 is 0 Å². The second-order valence-electron chi connectivity index (χ2n) is 7.27. The molecule has 3 aromatic rings. The minimum absolute atomic E-state index is 0.191. The molecule has 3 rings (SSSR count). The van der Waals surface area contributed by atoms with E-state index in [0.29, 0.717) is 28.3 Å². The molecule has 0 aliphatic rings. The van der Waals surface area contributed by atoms with Gasteiger partial charge in [0.05, 0.1) is 11.1 Å². The Bertz CT molecular complexity index is 1050. The third-order valence-corrected chi connectivity index (χ3v) is 5.10. The lowest BCUT2D eigenvalue weighted by atomic mass is 9.97. The fraction of sp³-hybridized carbons (Fsp3) is 0.250. The monoisotopic (exact) mass is 373 g/mol. The highest BCUT2D eigenvalue weighted by Gasteiger charge is 2.22. The van der Waals surface area contributed by atoms with Crippen LogP contribution in [-0.2, 0) is 15.3 Å². The summed E-state index contributed by atoms with van der Waals surface area (Å²) in [5.74, 6) is 0.767. The lowest BCUT2D eigenvalue weighted by Crippen LogP contribution is -2.10. The van der Waals surface area contributed by atoms with Gasteiger partial charge in [-0.25, -0.2) is 17.8 Å². The van der Waals surface area contributed by atoms with Crippen molar-refractivity contribution in [2.24, 2.45) is 0 Å². The van der Waals surface area contributed by atoms with E-state index in [2.05, 4.69) is 4.98 Å². The van der Waals surface area contributed by atoms with Gasteiger partial charge in [-0.15, -0.1) is 0 Å². The summed E-state index contributed by atoms with van der Waals surface area (Å²) in [6.45, 7) is 5.99. The van der Waals surface area contributed by atoms with Gasteiger partial charge < -0.3 is 4.42 Å². The van der Waals surface area contributed by atoms with E-state index in [1.165, 1.54) is 18.2 Å². The maximum absolute atomic E-state index is 13.3. The fourth-order valence-electron chi connectivity index (χ4n) is 2.58. The highest BCUT2D eigenvalue weighted by atomic mass is 32.2. The standard InChI is InChI=1S/C20H20FNO3S/c1-20(2,3)19-22-12-18(25-19)16-10-9-15(26(4,23)24)11-17(16)13-5-7-14(21)8-6-13/h5-12H,1-4H3. The third-order valence-electron chi connectivity index (χ3n) is 3.99. The zero-order valence-electron chi connectivity index (χ0n) is 15.1. The van der Waals surface area contributed by atoms with Crippen LogP contribution in [0.4, 0.5) is 4.39 Å². The minimum atomic E-state index is -3.38. The van der Waals surface area contributed by atoms with E-state index < -0.39 is 9.84 Å². The van der Waals surface area contributed by atoms with Crippen molar-refractivity contribution in [3.8, 4) is 22.5 Å². The second-order valence-corrected chi connectivity index (χ2v) is 9.28. The van der Waals surface area contributed by atoms with Gasteiger partial charge in [-0.2, -0.15) is 0 Å². The number of nitrogens with zero attached hydrogens (tertiary/aromatic N) is 1. The molecule has 0 bridgehead atoms. The van der Waals surface area contributed by atoms with Crippen LogP contribution in [0, 0.1) is 5.82 Å². The Morgan fingerprint density at radius 2 is 1.65 bits per heavy atom. The molecule has 0 fully saturated rings. The molecule has 4 nitrogen and oxygen atoms in total. The maximum Gasteiger partial charge on any atom is 0.200 e. The zero-order chi connectivity index (χ0) is 19.1. The van der Waals surface area contributed by atoms with E-state index in [4.69, 9.17) is 4.42 Å². The Morgan fingerprint density at radius 3 is 2.19 bits per heavy atom. The van der Waals surface area contributed by atoms with Crippen LogP contribution in [-0.4, -0.2) is 19.7 Å². The van der Waals surface area contributed by atoms with Gasteiger partial charge in [-0.05, 0) is 41.5 Å². The van der Waals surface area contributed by atoms with Gasteiger partial charge in [0.15, 0.2) is 21.5 Å². The molecule has 0 spiro atoms. The summed E-state index contributed by atoms with van der Waals surface area (Å²) in [7, 11) is -3.38. The highest BCUT2D eigenvalue weighted by Crippen LogP contribution is 2.36. The minimum Gasteiger partial charge on any atom is -0.440 e. The summed E-state index contributed by atoms with van der Waals surface area (Å²) >= 11 is 0. The smallest absolute Gasteiger partial charge is 0.200 e. The largest absolute Gasteiger partial charge is 0.440 e. The average Bonchev–Trinajstić information content (AvgIpc) is 3.04. The predicted octanol–water partition coefficient (Wildman–Crippen LogP) is 4.85. The molecule has 136 valence electrons. The van der Waals surface area contributed by atoms with Gasteiger partial charge in [-0.1, -0.05) is 32.9 Å². The molecule has 0 saturated carbocycles. The van der Waals surface area contributed by atoms with Crippen molar-refractivity contribution in [1.29, 1.82) is 0 Å². The van der Waals surface area contributed by atoms with E-state index in [1.807, 2.05) is 20.8 Å². The zero-order valence-corrected chi connectivity index (χ0v) is 15.9. The van der Waals surface area contributed by atoms with Gasteiger partial charge in [0, 0.05) is 17.2 Å². The Labute approximate surface area is 152 Å². The van der Waals surface area contributed by atoms with E-state index in [1.54, 1.807) is 30.5 Å². The van der Waals surface area contributed by atoms with Gasteiger partial charge in [0.2, 0.25) is 0 Å². The van der Waals surface area contributed by atoms with Crippen molar-refractivity contribution in [3.05, 3.63) is 60.4 Å². The van der Waals surface area contributed by atoms with Crippen LogP contribution >= 0.6 is 0 Å². The summed E-state index contributed by atoms with van der Waals surface area (Å²) < 4.78 is 43.1. The summed E-state index contributed by atoms with van der Waals surface area (Å²) in [6.07, 6.45) is 2.78. The number of oxazole rings is 1.